The molecule has 5 nitrogen and oxygen atoms in total. The van der Waals surface area contributed by atoms with Crippen molar-refractivity contribution in [2.75, 3.05) is 19.5 Å². The van der Waals surface area contributed by atoms with Crippen molar-refractivity contribution in [2.45, 2.75) is 13.0 Å². The summed E-state index contributed by atoms with van der Waals surface area (Å²) in [5.74, 6) is 1.08. The molecular formula is C18H17BrFN3O2. The van der Waals surface area contributed by atoms with Crippen LogP contribution in [0.5, 0.6) is 11.5 Å². The normalized spacial score (nSPS) is 12.0. The first-order valence-corrected chi connectivity index (χ1v) is 8.41. The van der Waals surface area contributed by atoms with Gasteiger partial charge in [0.05, 0.1) is 25.8 Å². The van der Waals surface area contributed by atoms with E-state index in [1.54, 1.807) is 6.07 Å². The topological polar surface area (TPSA) is 56.3 Å². The summed E-state index contributed by atoms with van der Waals surface area (Å²) in [5.41, 5.74) is 1.26. The fourth-order valence-electron chi connectivity index (χ4n) is 2.63. The van der Waals surface area contributed by atoms with E-state index in [0.717, 1.165) is 15.4 Å². The number of fused-ring (bicyclic) bond motifs is 1. The van der Waals surface area contributed by atoms with Crippen LogP contribution in [0.15, 0.2) is 41.1 Å². The van der Waals surface area contributed by atoms with Crippen molar-refractivity contribution in [1.29, 1.82) is 0 Å². The van der Waals surface area contributed by atoms with Gasteiger partial charge in [0.15, 0.2) is 11.5 Å². The van der Waals surface area contributed by atoms with Crippen LogP contribution >= 0.6 is 15.9 Å². The van der Waals surface area contributed by atoms with Gasteiger partial charge in [-0.15, -0.1) is 0 Å². The van der Waals surface area contributed by atoms with Crippen LogP contribution in [-0.2, 0) is 0 Å². The molecule has 7 heteroatoms. The monoisotopic (exact) mass is 405 g/mol. The Hall–Kier alpha value is -2.41. The van der Waals surface area contributed by atoms with Crippen LogP contribution in [0.25, 0.3) is 10.9 Å². The minimum absolute atomic E-state index is 0.336. The summed E-state index contributed by atoms with van der Waals surface area (Å²) >= 11 is 3.45. The molecule has 1 unspecified atom stereocenters. The number of rotatable bonds is 5. The van der Waals surface area contributed by atoms with Crippen LogP contribution in [-0.4, -0.2) is 24.2 Å². The molecule has 0 fully saturated rings. The highest BCUT2D eigenvalue weighted by Crippen LogP contribution is 2.34. The fraction of sp³-hybridized carbons (Fsp3) is 0.222. The lowest BCUT2D eigenvalue weighted by atomic mass is 10.1. The summed E-state index contributed by atoms with van der Waals surface area (Å²) in [6, 6.07) is 8.35. The molecule has 2 aromatic carbocycles. The largest absolute Gasteiger partial charge is 0.493 e. The van der Waals surface area contributed by atoms with E-state index in [9.17, 15) is 4.39 Å². The second kappa shape index (κ2) is 7.23. The maximum absolute atomic E-state index is 14.5. The molecule has 1 heterocycles. The number of aromatic nitrogens is 2. The molecule has 1 atom stereocenters. The van der Waals surface area contributed by atoms with Crippen molar-refractivity contribution >= 4 is 32.7 Å². The lowest BCUT2D eigenvalue weighted by molar-refractivity contribution is 0.351. The Bertz CT molecular complexity index is 920. The zero-order valence-corrected chi connectivity index (χ0v) is 15.6. The highest BCUT2D eigenvalue weighted by atomic mass is 79.9. The molecule has 0 aliphatic heterocycles. The van der Waals surface area contributed by atoms with Crippen molar-refractivity contribution in [1.82, 2.24) is 9.97 Å². The molecule has 0 radical (unpaired) electrons. The molecule has 1 N–H and O–H groups in total. The molecule has 3 aromatic rings. The van der Waals surface area contributed by atoms with Crippen molar-refractivity contribution in [3.8, 4) is 11.5 Å². The first-order valence-electron chi connectivity index (χ1n) is 7.61. The Morgan fingerprint density at radius 1 is 1.08 bits per heavy atom. The first-order chi connectivity index (χ1) is 12.0. The highest BCUT2D eigenvalue weighted by molar-refractivity contribution is 9.10. The fourth-order valence-corrected chi connectivity index (χ4v) is 2.99. The summed E-state index contributed by atoms with van der Waals surface area (Å²) in [7, 11) is 3.00. The number of anilines is 1. The zero-order chi connectivity index (χ0) is 18.0. The van der Waals surface area contributed by atoms with Crippen LogP contribution in [0, 0.1) is 5.82 Å². The van der Waals surface area contributed by atoms with E-state index < -0.39 is 0 Å². The molecule has 0 saturated carbocycles. The van der Waals surface area contributed by atoms with E-state index in [0.29, 0.717) is 22.9 Å². The molecule has 1 aromatic heterocycles. The lowest BCUT2D eigenvalue weighted by Gasteiger charge is -2.18. The Morgan fingerprint density at radius 2 is 1.80 bits per heavy atom. The summed E-state index contributed by atoms with van der Waals surface area (Å²) < 4.78 is 25.8. The zero-order valence-electron chi connectivity index (χ0n) is 14.0. The maximum Gasteiger partial charge on any atom is 0.163 e. The molecule has 0 saturated heterocycles. The van der Waals surface area contributed by atoms with E-state index in [4.69, 9.17) is 9.47 Å². The smallest absolute Gasteiger partial charge is 0.163 e. The van der Waals surface area contributed by atoms with Gasteiger partial charge in [-0.1, -0.05) is 15.9 Å². The van der Waals surface area contributed by atoms with E-state index in [-0.39, 0.29) is 11.9 Å². The van der Waals surface area contributed by atoms with Crippen molar-refractivity contribution in [3.63, 3.8) is 0 Å². The number of halogens is 2. The molecule has 3 rings (SSSR count). The summed E-state index contributed by atoms with van der Waals surface area (Å²) in [5, 5.41) is 4.10. The molecule has 0 bridgehead atoms. The van der Waals surface area contributed by atoms with Crippen LogP contribution in [0.1, 0.15) is 18.5 Å². The average molecular weight is 406 g/mol. The molecule has 130 valence electrons. The average Bonchev–Trinajstić information content (AvgIpc) is 2.61. The molecule has 0 amide bonds. The van der Waals surface area contributed by atoms with E-state index in [2.05, 4.69) is 31.2 Å². The number of hydrogen-bond donors (Lipinski definition) is 1. The predicted molar refractivity (Wildman–Crippen MR) is 98.8 cm³/mol. The van der Waals surface area contributed by atoms with Gasteiger partial charge in [0.1, 0.15) is 18.0 Å². The molecular weight excluding hydrogens is 389 g/mol. The van der Waals surface area contributed by atoms with Gasteiger partial charge < -0.3 is 14.8 Å². The second-order valence-corrected chi connectivity index (χ2v) is 6.39. The molecule has 0 aliphatic rings. The van der Waals surface area contributed by atoms with Gasteiger partial charge in [-0.3, -0.25) is 0 Å². The number of nitrogens with zero attached hydrogens (tertiary/aromatic N) is 2. The Labute approximate surface area is 153 Å². The van der Waals surface area contributed by atoms with Crippen molar-refractivity contribution in [2.24, 2.45) is 0 Å². The number of ether oxygens (including phenoxy) is 2. The first kappa shape index (κ1) is 17.4. The van der Waals surface area contributed by atoms with Crippen molar-refractivity contribution in [3.05, 3.63) is 52.5 Å². The van der Waals surface area contributed by atoms with Gasteiger partial charge in [0.2, 0.25) is 0 Å². The SMILES string of the molecule is COc1cc(F)c(C(C)Nc2ncnc3ccc(Br)cc23)cc1OC. The van der Waals surface area contributed by atoms with E-state index in [1.807, 2.05) is 25.1 Å². The number of benzene rings is 2. The predicted octanol–water partition coefficient (Wildman–Crippen LogP) is 4.72. The Balaban J connectivity index is 1.98. The van der Waals surface area contributed by atoms with E-state index >= 15 is 0 Å². The third kappa shape index (κ3) is 3.51. The van der Waals surface area contributed by atoms with Gasteiger partial charge in [-0.2, -0.15) is 0 Å². The number of nitrogens with one attached hydrogen (secondary N) is 1. The summed E-state index contributed by atoms with van der Waals surface area (Å²) in [6.45, 7) is 1.86. The van der Waals surface area contributed by atoms with Gasteiger partial charge >= 0.3 is 0 Å². The summed E-state index contributed by atoms with van der Waals surface area (Å²) in [6.07, 6.45) is 1.48. The minimum Gasteiger partial charge on any atom is -0.493 e. The molecule has 0 spiro atoms. The standard InChI is InChI=1S/C18H17BrFN3O2/c1-10(12-7-16(24-2)17(25-3)8-14(12)20)23-18-13-6-11(19)4-5-15(13)21-9-22-18/h4-10H,1-3H3,(H,21,22,23). The molecule has 0 aliphatic carbocycles. The summed E-state index contributed by atoms with van der Waals surface area (Å²) in [4.78, 5) is 8.55. The Morgan fingerprint density at radius 3 is 2.52 bits per heavy atom. The highest BCUT2D eigenvalue weighted by Gasteiger charge is 2.17. The van der Waals surface area contributed by atoms with Crippen LogP contribution in [0.2, 0.25) is 0 Å². The van der Waals surface area contributed by atoms with Gasteiger partial charge in [-0.25, -0.2) is 14.4 Å². The van der Waals surface area contributed by atoms with Gasteiger partial charge in [-0.05, 0) is 31.2 Å². The lowest BCUT2D eigenvalue weighted by Crippen LogP contribution is -2.11. The second-order valence-electron chi connectivity index (χ2n) is 5.48. The van der Waals surface area contributed by atoms with Crippen LogP contribution < -0.4 is 14.8 Å². The van der Waals surface area contributed by atoms with E-state index in [1.165, 1.54) is 26.6 Å². The van der Waals surface area contributed by atoms with Gasteiger partial charge in [0.25, 0.3) is 0 Å². The van der Waals surface area contributed by atoms with Crippen molar-refractivity contribution < 1.29 is 13.9 Å². The van der Waals surface area contributed by atoms with Crippen LogP contribution in [0.4, 0.5) is 10.2 Å². The molecule has 25 heavy (non-hydrogen) atoms. The quantitative estimate of drug-likeness (QED) is 0.665. The van der Waals surface area contributed by atoms with Crippen LogP contribution in [0.3, 0.4) is 0 Å². The Kier molecular flexibility index (Phi) is 5.03. The third-order valence-corrected chi connectivity index (χ3v) is 4.41. The minimum atomic E-state index is -0.378. The number of hydrogen-bond acceptors (Lipinski definition) is 5. The third-order valence-electron chi connectivity index (χ3n) is 3.92. The van der Waals surface area contributed by atoms with Gasteiger partial charge in [0, 0.05) is 21.5 Å². The number of methoxy groups -OCH3 is 2. The maximum atomic E-state index is 14.5.